The maximum absolute atomic E-state index is 13.2. The molecule has 0 spiro atoms. The Labute approximate surface area is 187 Å². The third-order valence-corrected chi connectivity index (χ3v) is 7.34. The molecule has 1 aliphatic heterocycles. The summed E-state index contributed by atoms with van der Waals surface area (Å²) in [6.45, 7) is 9.63. The van der Waals surface area contributed by atoms with E-state index in [0.29, 0.717) is 34.4 Å². The average molecular weight is 445 g/mol. The zero-order valence-electron chi connectivity index (χ0n) is 18.0. The van der Waals surface area contributed by atoms with Gasteiger partial charge in [0.25, 0.3) is 11.5 Å². The Morgan fingerprint density at radius 3 is 2.40 bits per heavy atom. The lowest BCUT2D eigenvalue weighted by Gasteiger charge is -2.28. The second-order valence-corrected chi connectivity index (χ2v) is 9.24. The molecule has 8 heteroatoms. The number of hydrogen-bond acceptors (Lipinski definition) is 6. The summed E-state index contributed by atoms with van der Waals surface area (Å²) < 4.78 is 2.24. The maximum Gasteiger partial charge on any atom is 0.270 e. The van der Waals surface area contributed by atoms with Crippen LogP contribution in [0.3, 0.4) is 0 Å². The number of anilines is 1. The van der Waals surface area contributed by atoms with Crippen molar-refractivity contribution in [3.63, 3.8) is 0 Å². The molecule has 1 saturated heterocycles. The molecule has 30 heavy (non-hydrogen) atoms. The fourth-order valence-corrected chi connectivity index (χ4v) is 5.77. The quantitative estimate of drug-likeness (QED) is 0.487. The molecule has 1 aliphatic carbocycles. The van der Waals surface area contributed by atoms with Crippen LogP contribution in [-0.4, -0.2) is 38.8 Å². The second-order valence-electron chi connectivity index (χ2n) is 7.56. The summed E-state index contributed by atoms with van der Waals surface area (Å²) in [7, 11) is 0. The van der Waals surface area contributed by atoms with Gasteiger partial charge in [-0.15, -0.1) is 0 Å². The van der Waals surface area contributed by atoms with Crippen molar-refractivity contribution in [2.24, 2.45) is 0 Å². The van der Waals surface area contributed by atoms with Gasteiger partial charge in [0, 0.05) is 31.2 Å². The van der Waals surface area contributed by atoms with E-state index in [1.165, 1.54) is 11.8 Å². The minimum Gasteiger partial charge on any atom is -0.358 e. The first-order valence-corrected chi connectivity index (χ1v) is 11.8. The molecule has 1 aromatic heterocycles. The Hall–Kier alpha value is -2.11. The van der Waals surface area contributed by atoms with Gasteiger partial charge in [-0.2, -0.15) is 5.26 Å². The zero-order chi connectivity index (χ0) is 22.0. The Morgan fingerprint density at radius 2 is 1.87 bits per heavy atom. The van der Waals surface area contributed by atoms with Crippen LogP contribution < -0.4 is 10.5 Å². The third-order valence-electron chi connectivity index (χ3n) is 6.01. The molecule has 0 atom stereocenters. The lowest BCUT2D eigenvalue weighted by atomic mass is 10.0. The molecule has 2 fully saturated rings. The lowest BCUT2D eigenvalue weighted by molar-refractivity contribution is -0.123. The molecule has 2 heterocycles. The third kappa shape index (κ3) is 3.81. The van der Waals surface area contributed by atoms with Crippen LogP contribution in [0.15, 0.2) is 9.70 Å². The monoisotopic (exact) mass is 444 g/mol. The van der Waals surface area contributed by atoms with E-state index in [2.05, 4.69) is 11.0 Å². The van der Waals surface area contributed by atoms with Crippen LogP contribution in [0.1, 0.15) is 63.1 Å². The van der Waals surface area contributed by atoms with Crippen LogP contribution in [0.25, 0.3) is 6.08 Å². The van der Waals surface area contributed by atoms with E-state index in [4.69, 9.17) is 12.2 Å². The van der Waals surface area contributed by atoms with Crippen LogP contribution in [0.5, 0.6) is 0 Å². The highest BCUT2D eigenvalue weighted by Crippen LogP contribution is 2.39. The average Bonchev–Trinajstić information content (AvgIpc) is 3.34. The van der Waals surface area contributed by atoms with Gasteiger partial charge < -0.3 is 4.90 Å². The Morgan fingerprint density at radius 1 is 1.23 bits per heavy atom. The topological polar surface area (TPSA) is 69.3 Å². The summed E-state index contributed by atoms with van der Waals surface area (Å²) in [6, 6.07) is 2.26. The van der Waals surface area contributed by atoms with Gasteiger partial charge in [-0.25, -0.2) is 0 Å². The largest absolute Gasteiger partial charge is 0.358 e. The van der Waals surface area contributed by atoms with Gasteiger partial charge in [-0.05, 0) is 52.2 Å². The molecule has 160 valence electrons. The number of hydrogen-bond donors (Lipinski definition) is 0. The molecule has 0 aromatic carbocycles. The van der Waals surface area contributed by atoms with Crippen molar-refractivity contribution in [1.29, 1.82) is 5.26 Å². The molecular weight excluding hydrogens is 416 g/mol. The highest BCUT2D eigenvalue weighted by molar-refractivity contribution is 8.26. The van der Waals surface area contributed by atoms with E-state index in [9.17, 15) is 14.9 Å². The van der Waals surface area contributed by atoms with E-state index >= 15 is 0 Å². The zero-order valence-corrected chi connectivity index (χ0v) is 19.7. The molecule has 3 rings (SSSR count). The van der Waals surface area contributed by atoms with E-state index in [-0.39, 0.29) is 23.1 Å². The van der Waals surface area contributed by atoms with Crippen LogP contribution >= 0.6 is 24.0 Å². The number of nitriles is 1. The number of carbonyl (C=O) groups is 1. The van der Waals surface area contributed by atoms with Crippen molar-refractivity contribution in [1.82, 2.24) is 9.47 Å². The number of carbonyl (C=O) groups excluding carboxylic acids is 1. The summed E-state index contributed by atoms with van der Waals surface area (Å²) in [5, 5.41) is 9.63. The normalized spacial score (nSPS) is 18.5. The van der Waals surface area contributed by atoms with Crippen molar-refractivity contribution in [3.05, 3.63) is 31.9 Å². The lowest BCUT2D eigenvalue weighted by Crippen LogP contribution is -2.36. The number of rotatable bonds is 6. The molecule has 0 bridgehead atoms. The molecule has 1 aromatic rings. The summed E-state index contributed by atoms with van der Waals surface area (Å²) >= 11 is 6.86. The molecular formula is C22H28N4O2S2. The Bertz CT molecular complexity index is 996. The van der Waals surface area contributed by atoms with Crippen molar-refractivity contribution in [2.75, 3.05) is 18.0 Å². The molecule has 0 radical (unpaired) electrons. The van der Waals surface area contributed by atoms with Crippen LogP contribution in [0.2, 0.25) is 0 Å². The highest BCUT2D eigenvalue weighted by Gasteiger charge is 2.38. The van der Waals surface area contributed by atoms with Crippen LogP contribution in [-0.2, 0) is 11.3 Å². The SMILES string of the molecule is CCN(CC)c1c(/C=C2\SC(=S)N(C3CCCC3)C2=O)c(C)c(C#N)c(=O)n1CC. The first-order valence-electron chi connectivity index (χ1n) is 10.6. The Kier molecular flexibility index (Phi) is 7.04. The van der Waals surface area contributed by atoms with Gasteiger partial charge in [0.05, 0.1) is 4.91 Å². The summed E-state index contributed by atoms with van der Waals surface area (Å²) in [5.41, 5.74) is 1.21. The van der Waals surface area contributed by atoms with Gasteiger partial charge >= 0.3 is 0 Å². The second kappa shape index (κ2) is 9.36. The number of nitrogens with zero attached hydrogens (tertiary/aromatic N) is 4. The van der Waals surface area contributed by atoms with E-state index in [1.54, 1.807) is 16.4 Å². The number of thiocarbonyl (C=S) groups is 1. The summed E-state index contributed by atoms with van der Waals surface area (Å²) in [4.78, 5) is 30.6. The van der Waals surface area contributed by atoms with E-state index in [0.717, 1.165) is 37.1 Å². The van der Waals surface area contributed by atoms with Gasteiger partial charge in [-0.3, -0.25) is 19.1 Å². The number of pyridine rings is 1. The standard InChI is InChI=1S/C22H28N4O2S2/c1-5-24(6-2)19-16(14(4)17(13-23)20(27)25(19)7-3)12-18-21(28)26(22(29)30-18)15-10-8-9-11-15/h12,15H,5-11H2,1-4H3/b18-12-. The maximum atomic E-state index is 13.2. The minimum absolute atomic E-state index is 0.0606. The summed E-state index contributed by atoms with van der Waals surface area (Å²) in [6.07, 6.45) is 6.06. The number of thioether (sulfide) groups is 1. The molecule has 6 nitrogen and oxygen atoms in total. The first-order chi connectivity index (χ1) is 14.4. The number of amides is 1. The first kappa shape index (κ1) is 22.6. The molecule has 1 saturated carbocycles. The predicted molar refractivity (Wildman–Crippen MR) is 127 cm³/mol. The summed E-state index contributed by atoms with van der Waals surface area (Å²) in [5.74, 6) is 0.699. The van der Waals surface area contributed by atoms with Gasteiger partial charge in [-0.1, -0.05) is 36.8 Å². The van der Waals surface area contributed by atoms with Gasteiger partial charge in [0.15, 0.2) is 0 Å². The molecule has 0 unspecified atom stereocenters. The molecule has 2 aliphatic rings. The van der Waals surface area contributed by atoms with Gasteiger partial charge in [0.1, 0.15) is 21.8 Å². The van der Waals surface area contributed by atoms with Crippen molar-refractivity contribution < 1.29 is 4.79 Å². The van der Waals surface area contributed by atoms with Crippen LogP contribution in [0, 0.1) is 18.3 Å². The fourth-order valence-electron chi connectivity index (χ4n) is 4.39. The van der Waals surface area contributed by atoms with E-state index in [1.807, 2.05) is 26.8 Å². The molecule has 0 N–H and O–H groups in total. The fraction of sp³-hybridized carbons (Fsp3) is 0.545. The van der Waals surface area contributed by atoms with E-state index < -0.39 is 0 Å². The smallest absolute Gasteiger partial charge is 0.270 e. The van der Waals surface area contributed by atoms with Crippen molar-refractivity contribution >= 4 is 46.1 Å². The van der Waals surface area contributed by atoms with Crippen molar-refractivity contribution in [2.45, 2.75) is 66.0 Å². The van der Waals surface area contributed by atoms with Gasteiger partial charge in [0.2, 0.25) is 0 Å². The minimum atomic E-state index is -0.282. The van der Waals surface area contributed by atoms with Crippen LogP contribution in [0.4, 0.5) is 5.82 Å². The number of aromatic nitrogens is 1. The predicted octanol–water partition coefficient (Wildman–Crippen LogP) is 4.04. The highest BCUT2D eigenvalue weighted by atomic mass is 32.2. The Balaban J connectivity index is 2.20. The molecule has 1 amide bonds. The van der Waals surface area contributed by atoms with Crippen molar-refractivity contribution in [3.8, 4) is 6.07 Å².